The number of nitrogens with zero attached hydrogens (tertiary/aromatic N) is 1. The molecule has 1 aliphatic carbocycles. The summed E-state index contributed by atoms with van der Waals surface area (Å²) in [6.45, 7) is 2.11. The number of hydrogen-bond donors (Lipinski definition) is 0. The molecule has 2 aromatic carbocycles. The molecule has 4 rings (SSSR count). The van der Waals surface area contributed by atoms with E-state index in [9.17, 15) is 0 Å². The first-order valence-corrected chi connectivity index (χ1v) is 7.21. The maximum atomic E-state index is 5.70. The maximum absolute atomic E-state index is 5.70. The Hall–Kier alpha value is -2.09. The molecule has 0 saturated heterocycles. The van der Waals surface area contributed by atoms with Gasteiger partial charge in [-0.1, -0.05) is 59.3 Å². The van der Waals surface area contributed by atoms with Crippen molar-refractivity contribution >= 4 is 5.71 Å². The maximum Gasteiger partial charge on any atom is 0.140 e. The van der Waals surface area contributed by atoms with Gasteiger partial charge >= 0.3 is 0 Å². The van der Waals surface area contributed by atoms with Gasteiger partial charge in [0.15, 0.2) is 0 Å². The fourth-order valence-electron chi connectivity index (χ4n) is 3.30. The highest BCUT2D eigenvalue weighted by atomic mass is 16.6. The van der Waals surface area contributed by atoms with Crippen molar-refractivity contribution in [1.82, 2.24) is 0 Å². The van der Waals surface area contributed by atoms with Crippen LogP contribution in [0.15, 0.2) is 53.7 Å². The van der Waals surface area contributed by atoms with Crippen LogP contribution in [0.3, 0.4) is 0 Å². The zero-order valence-corrected chi connectivity index (χ0v) is 11.5. The van der Waals surface area contributed by atoms with Crippen LogP contribution in [-0.4, -0.2) is 11.8 Å². The van der Waals surface area contributed by atoms with E-state index in [-0.39, 0.29) is 6.10 Å². The van der Waals surface area contributed by atoms with Gasteiger partial charge in [0.2, 0.25) is 0 Å². The van der Waals surface area contributed by atoms with Crippen molar-refractivity contribution in [2.75, 3.05) is 0 Å². The lowest BCUT2D eigenvalue weighted by Gasteiger charge is -2.27. The molecular weight excluding hydrogens is 246 g/mol. The Morgan fingerprint density at radius 3 is 2.70 bits per heavy atom. The van der Waals surface area contributed by atoms with Crippen molar-refractivity contribution in [2.24, 2.45) is 5.16 Å². The number of rotatable bonds is 1. The topological polar surface area (TPSA) is 21.6 Å². The highest BCUT2D eigenvalue weighted by Gasteiger charge is 2.39. The molecule has 2 nitrogen and oxygen atoms in total. The molecule has 0 fully saturated rings. The first kappa shape index (κ1) is 11.7. The second kappa shape index (κ2) is 4.48. The second-order valence-corrected chi connectivity index (χ2v) is 5.70. The molecule has 0 aromatic heterocycles. The fraction of sp³-hybridized carbons (Fsp3) is 0.278. The molecule has 100 valence electrons. The van der Waals surface area contributed by atoms with Crippen molar-refractivity contribution in [3.05, 3.63) is 70.8 Å². The van der Waals surface area contributed by atoms with Crippen molar-refractivity contribution in [3.63, 3.8) is 0 Å². The van der Waals surface area contributed by atoms with E-state index in [4.69, 9.17) is 4.84 Å². The SMILES string of the molecule is Cc1ccc(C2=NOC3CCc4ccccc4C23)cc1. The van der Waals surface area contributed by atoms with Gasteiger partial charge in [0.25, 0.3) is 0 Å². The number of aryl methyl sites for hydroxylation is 2. The molecule has 0 bridgehead atoms. The average Bonchev–Trinajstić information content (AvgIpc) is 2.92. The highest BCUT2D eigenvalue weighted by molar-refractivity contribution is 6.06. The zero-order valence-electron chi connectivity index (χ0n) is 11.5. The van der Waals surface area contributed by atoms with Crippen molar-refractivity contribution in [2.45, 2.75) is 31.8 Å². The number of benzene rings is 2. The van der Waals surface area contributed by atoms with E-state index in [1.165, 1.54) is 22.3 Å². The first-order chi connectivity index (χ1) is 9.83. The Bertz CT molecular complexity index is 672. The third kappa shape index (κ3) is 1.75. The van der Waals surface area contributed by atoms with Crippen molar-refractivity contribution in [3.8, 4) is 0 Å². The van der Waals surface area contributed by atoms with E-state index in [2.05, 4.69) is 60.6 Å². The van der Waals surface area contributed by atoms with Gasteiger partial charge < -0.3 is 4.84 Å². The van der Waals surface area contributed by atoms with Gasteiger partial charge in [-0.05, 0) is 30.9 Å². The van der Waals surface area contributed by atoms with Gasteiger partial charge in [0.05, 0.1) is 11.6 Å². The van der Waals surface area contributed by atoms with Crippen LogP contribution in [0.5, 0.6) is 0 Å². The molecule has 20 heavy (non-hydrogen) atoms. The normalized spacial score (nSPS) is 23.6. The van der Waals surface area contributed by atoms with Gasteiger partial charge in [0, 0.05) is 5.56 Å². The Balaban J connectivity index is 1.78. The lowest BCUT2D eigenvalue weighted by molar-refractivity contribution is 0.0663. The first-order valence-electron chi connectivity index (χ1n) is 7.21. The summed E-state index contributed by atoms with van der Waals surface area (Å²) in [5.41, 5.74) is 6.37. The van der Waals surface area contributed by atoms with E-state index < -0.39 is 0 Å². The van der Waals surface area contributed by atoms with Crippen LogP contribution in [0, 0.1) is 6.92 Å². The summed E-state index contributed by atoms with van der Waals surface area (Å²) in [5.74, 6) is 0.294. The van der Waals surface area contributed by atoms with Crippen molar-refractivity contribution < 1.29 is 4.84 Å². The second-order valence-electron chi connectivity index (χ2n) is 5.70. The third-order valence-corrected chi connectivity index (χ3v) is 4.39. The Morgan fingerprint density at radius 2 is 1.85 bits per heavy atom. The molecule has 0 saturated carbocycles. The fourth-order valence-corrected chi connectivity index (χ4v) is 3.30. The van der Waals surface area contributed by atoms with Crippen LogP contribution in [0.1, 0.15) is 34.6 Å². The van der Waals surface area contributed by atoms with Crippen LogP contribution >= 0.6 is 0 Å². The molecule has 2 unspecified atom stereocenters. The predicted molar refractivity (Wildman–Crippen MR) is 80.1 cm³/mol. The minimum absolute atomic E-state index is 0.209. The summed E-state index contributed by atoms with van der Waals surface area (Å²) >= 11 is 0. The zero-order chi connectivity index (χ0) is 13.5. The lowest BCUT2D eigenvalue weighted by atomic mass is 9.77. The van der Waals surface area contributed by atoms with Crippen LogP contribution in [0.2, 0.25) is 0 Å². The molecule has 0 N–H and O–H groups in total. The van der Waals surface area contributed by atoms with Crippen LogP contribution in [0.25, 0.3) is 0 Å². The Morgan fingerprint density at radius 1 is 1.05 bits per heavy atom. The number of hydrogen-bond acceptors (Lipinski definition) is 2. The number of fused-ring (bicyclic) bond motifs is 3. The number of oxime groups is 1. The minimum Gasteiger partial charge on any atom is -0.391 e. The van der Waals surface area contributed by atoms with Crippen LogP contribution < -0.4 is 0 Å². The van der Waals surface area contributed by atoms with Crippen LogP contribution in [0.4, 0.5) is 0 Å². The summed E-state index contributed by atoms with van der Waals surface area (Å²) in [5, 5.41) is 4.40. The van der Waals surface area contributed by atoms with Gasteiger partial charge in [-0.25, -0.2) is 0 Å². The molecule has 2 aromatic rings. The van der Waals surface area contributed by atoms with E-state index in [0.29, 0.717) is 5.92 Å². The summed E-state index contributed by atoms with van der Waals surface area (Å²) in [6, 6.07) is 17.3. The van der Waals surface area contributed by atoms with Gasteiger partial charge in [-0.2, -0.15) is 0 Å². The highest BCUT2D eigenvalue weighted by Crippen LogP contribution is 2.40. The Kier molecular flexibility index (Phi) is 2.62. The summed E-state index contributed by atoms with van der Waals surface area (Å²) in [4.78, 5) is 5.70. The van der Waals surface area contributed by atoms with Gasteiger partial charge in [-0.15, -0.1) is 0 Å². The largest absolute Gasteiger partial charge is 0.391 e. The summed E-state index contributed by atoms with van der Waals surface area (Å²) in [7, 11) is 0. The third-order valence-electron chi connectivity index (χ3n) is 4.39. The standard InChI is InChI=1S/C18H17NO/c1-12-6-8-14(9-7-12)18-17-15-5-3-2-4-13(15)10-11-16(17)20-19-18/h2-9,16-17H,10-11H2,1H3. The summed E-state index contributed by atoms with van der Waals surface area (Å²) < 4.78 is 0. The molecule has 2 atom stereocenters. The average molecular weight is 263 g/mol. The monoisotopic (exact) mass is 263 g/mol. The molecule has 0 spiro atoms. The molecule has 1 heterocycles. The predicted octanol–water partition coefficient (Wildman–Crippen LogP) is 3.83. The van der Waals surface area contributed by atoms with E-state index in [1.807, 2.05) is 0 Å². The smallest absolute Gasteiger partial charge is 0.140 e. The van der Waals surface area contributed by atoms with Gasteiger partial charge in [-0.3, -0.25) is 0 Å². The van der Waals surface area contributed by atoms with Gasteiger partial charge in [0.1, 0.15) is 6.10 Å². The van der Waals surface area contributed by atoms with Crippen LogP contribution in [-0.2, 0) is 11.3 Å². The molecule has 2 aliphatic rings. The molecule has 0 amide bonds. The molecule has 1 aliphatic heterocycles. The van der Waals surface area contributed by atoms with E-state index in [1.54, 1.807) is 0 Å². The lowest BCUT2D eigenvalue weighted by Crippen LogP contribution is -2.27. The van der Waals surface area contributed by atoms with Crippen molar-refractivity contribution in [1.29, 1.82) is 0 Å². The molecule has 0 radical (unpaired) electrons. The quantitative estimate of drug-likeness (QED) is 0.766. The summed E-state index contributed by atoms with van der Waals surface area (Å²) in [6.07, 6.45) is 2.36. The molecule has 2 heteroatoms. The molecular formula is C18H17NO. The van der Waals surface area contributed by atoms with E-state index in [0.717, 1.165) is 18.6 Å². The minimum atomic E-state index is 0.209. The van der Waals surface area contributed by atoms with E-state index >= 15 is 0 Å². The Labute approximate surface area is 119 Å².